The van der Waals surface area contributed by atoms with E-state index in [1.807, 2.05) is 24.3 Å². The first-order valence-electron chi connectivity index (χ1n) is 9.27. The van der Waals surface area contributed by atoms with E-state index < -0.39 is 10.0 Å². The van der Waals surface area contributed by atoms with E-state index in [0.29, 0.717) is 24.4 Å². The predicted molar refractivity (Wildman–Crippen MR) is 108 cm³/mol. The van der Waals surface area contributed by atoms with Gasteiger partial charge in [-0.25, -0.2) is 13.4 Å². The van der Waals surface area contributed by atoms with Gasteiger partial charge in [0.1, 0.15) is 5.65 Å². The van der Waals surface area contributed by atoms with Gasteiger partial charge in [-0.15, -0.1) is 0 Å². The number of hydrogen-bond acceptors (Lipinski definition) is 4. The summed E-state index contributed by atoms with van der Waals surface area (Å²) in [6.07, 6.45) is 3.98. The number of aliphatic hydroxyl groups is 1. The number of aromatic amines is 1. The van der Waals surface area contributed by atoms with E-state index in [1.165, 1.54) is 0 Å². The zero-order chi connectivity index (χ0) is 19.6. The highest BCUT2D eigenvalue weighted by Crippen LogP contribution is 2.29. The summed E-state index contributed by atoms with van der Waals surface area (Å²) >= 11 is 0. The number of hydrogen-bond donors (Lipinski definition) is 2. The van der Waals surface area contributed by atoms with Gasteiger partial charge in [0.05, 0.1) is 17.2 Å². The van der Waals surface area contributed by atoms with Crippen LogP contribution in [0.4, 0.5) is 0 Å². The third-order valence-electron chi connectivity index (χ3n) is 4.86. The van der Waals surface area contributed by atoms with Crippen molar-refractivity contribution in [2.75, 3.05) is 19.7 Å². The van der Waals surface area contributed by atoms with Crippen LogP contribution in [0.15, 0.2) is 47.5 Å². The summed E-state index contributed by atoms with van der Waals surface area (Å²) in [6.45, 7) is 1.22. The van der Waals surface area contributed by atoms with E-state index in [2.05, 4.69) is 21.8 Å². The second kappa shape index (κ2) is 7.76. The van der Waals surface area contributed by atoms with E-state index >= 15 is 0 Å². The maximum absolute atomic E-state index is 12.7. The molecule has 0 aliphatic carbocycles. The van der Waals surface area contributed by atoms with Gasteiger partial charge in [0, 0.05) is 31.1 Å². The number of benzene rings is 1. The summed E-state index contributed by atoms with van der Waals surface area (Å²) in [5.74, 6) is 5.88. The maximum atomic E-state index is 12.7. The summed E-state index contributed by atoms with van der Waals surface area (Å²) in [6, 6.07) is 10.8. The molecule has 3 heterocycles. The third-order valence-corrected chi connectivity index (χ3v) is 6.77. The lowest BCUT2D eigenvalue weighted by molar-refractivity contribution is 0.305. The Kier molecular flexibility index (Phi) is 5.18. The van der Waals surface area contributed by atoms with Crippen LogP contribution in [-0.4, -0.2) is 47.5 Å². The fourth-order valence-corrected chi connectivity index (χ4v) is 4.96. The summed E-state index contributed by atoms with van der Waals surface area (Å²) in [4.78, 5) is 7.85. The Labute approximate surface area is 164 Å². The molecule has 0 amide bonds. The first-order valence-corrected chi connectivity index (χ1v) is 10.7. The van der Waals surface area contributed by atoms with Crippen LogP contribution < -0.4 is 0 Å². The molecular weight excluding hydrogens is 374 g/mol. The minimum absolute atomic E-state index is 0.0312. The number of nitrogens with zero attached hydrogens (tertiary/aromatic N) is 2. The second-order valence-electron chi connectivity index (χ2n) is 6.71. The highest BCUT2D eigenvalue weighted by atomic mass is 32.2. The molecule has 4 rings (SSSR count). The van der Waals surface area contributed by atoms with Crippen LogP contribution in [0.25, 0.3) is 22.2 Å². The fraction of sp³-hybridized carbons (Fsp3) is 0.286. The Balaban J connectivity index is 1.68. The summed E-state index contributed by atoms with van der Waals surface area (Å²) in [7, 11) is -3.41. The molecule has 1 aliphatic heterocycles. The number of fused-ring (bicyclic) bond motifs is 1. The van der Waals surface area contributed by atoms with E-state index in [1.54, 1.807) is 22.6 Å². The number of H-pyrrole nitrogens is 1. The third kappa shape index (κ3) is 3.54. The van der Waals surface area contributed by atoms with Crippen LogP contribution >= 0.6 is 0 Å². The first-order chi connectivity index (χ1) is 13.6. The molecular formula is C21H21N3O3S. The average Bonchev–Trinajstić information content (AvgIpc) is 3.38. The number of aromatic nitrogens is 2. The number of aliphatic hydroxyl groups excluding tert-OH is 1. The Morgan fingerprint density at radius 1 is 1.14 bits per heavy atom. The standard InChI is InChI=1S/C21H21N3O3S/c25-14-4-1-5-17-15-20-19(10-11-22-21(20)23-17)16-6-8-18(9-7-16)28(26,27)24-12-2-3-13-24/h6-11,15,25H,2-4,12-14H2,(H,22,23). The molecule has 1 aromatic carbocycles. The minimum atomic E-state index is -3.41. The number of rotatable bonds is 4. The molecule has 0 atom stereocenters. The molecule has 2 aromatic heterocycles. The molecule has 0 bridgehead atoms. The van der Waals surface area contributed by atoms with Crippen molar-refractivity contribution in [3.63, 3.8) is 0 Å². The van der Waals surface area contributed by atoms with Crippen LogP contribution in [0, 0.1) is 11.8 Å². The molecule has 0 spiro atoms. The molecule has 2 N–H and O–H groups in total. The summed E-state index contributed by atoms with van der Waals surface area (Å²) in [5, 5.41) is 9.78. The van der Waals surface area contributed by atoms with Crippen LogP contribution in [0.3, 0.4) is 0 Å². The first kappa shape index (κ1) is 18.7. The smallest absolute Gasteiger partial charge is 0.243 e. The van der Waals surface area contributed by atoms with Crippen molar-refractivity contribution in [1.29, 1.82) is 0 Å². The average molecular weight is 395 g/mol. The van der Waals surface area contributed by atoms with Crippen molar-refractivity contribution in [3.8, 4) is 23.0 Å². The van der Waals surface area contributed by atoms with Gasteiger partial charge >= 0.3 is 0 Å². The number of pyridine rings is 1. The van der Waals surface area contributed by atoms with E-state index in [4.69, 9.17) is 5.11 Å². The lowest BCUT2D eigenvalue weighted by Gasteiger charge is -2.15. The zero-order valence-corrected chi connectivity index (χ0v) is 16.2. The van der Waals surface area contributed by atoms with Gasteiger partial charge in [0.2, 0.25) is 10.0 Å². The molecule has 28 heavy (non-hydrogen) atoms. The Morgan fingerprint density at radius 2 is 1.89 bits per heavy atom. The lowest BCUT2D eigenvalue weighted by Crippen LogP contribution is -2.27. The molecule has 7 heteroatoms. The van der Waals surface area contributed by atoms with E-state index in [-0.39, 0.29) is 6.61 Å². The SMILES string of the molecule is O=S(=O)(c1ccc(-c2ccnc3[nH]c(C#CCCO)cc23)cc1)N1CCCC1. The molecule has 3 aromatic rings. The monoisotopic (exact) mass is 395 g/mol. The molecule has 1 aliphatic rings. The summed E-state index contributed by atoms with van der Waals surface area (Å²) in [5.41, 5.74) is 3.33. The van der Waals surface area contributed by atoms with Crippen LogP contribution in [0.1, 0.15) is 25.0 Å². The topological polar surface area (TPSA) is 86.3 Å². The Hall–Kier alpha value is -2.66. The number of sulfonamides is 1. The van der Waals surface area contributed by atoms with Gasteiger partial charge < -0.3 is 10.1 Å². The normalized spacial score (nSPS) is 14.9. The Bertz CT molecular complexity index is 1150. The molecule has 144 valence electrons. The van der Waals surface area contributed by atoms with Crippen molar-refractivity contribution in [1.82, 2.24) is 14.3 Å². The van der Waals surface area contributed by atoms with E-state index in [0.717, 1.165) is 40.7 Å². The van der Waals surface area contributed by atoms with E-state index in [9.17, 15) is 8.42 Å². The quantitative estimate of drug-likeness (QED) is 0.665. The molecule has 0 saturated carbocycles. The van der Waals surface area contributed by atoms with Crippen LogP contribution in [0.5, 0.6) is 0 Å². The number of nitrogens with one attached hydrogen (secondary N) is 1. The van der Waals surface area contributed by atoms with Crippen molar-refractivity contribution < 1.29 is 13.5 Å². The van der Waals surface area contributed by atoms with Gasteiger partial charge in [-0.1, -0.05) is 18.1 Å². The maximum Gasteiger partial charge on any atom is 0.243 e. The summed E-state index contributed by atoms with van der Waals surface area (Å²) < 4.78 is 27.0. The zero-order valence-electron chi connectivity index (χ0n) is 15.4. The highest BCUT2D eigenvalue weighted by Gasteiger charge is 2.27. The van der Waals surface area contributed by atoms with Crippen molar-refractivity contribution in [2.45, 2.75) is 24.2 Å². The van der Waals surface area contributed by atoms with Crippen LogP contribution in [0.2, 0.25) is 0 Å². The predicted octanol–water partition coefficient (Wildman–Crippen LogP) is 2.75. The van der Waals surface area contributed by atoms with Crippen molar-refractivity contribution >= 4 is 21.1 Å². The van der Waals surface area contributed by atoms with Crippen molar-refractivity contribution in [2.24, 2.45) is 0 Å². The molecule has 0 radical (unpaired) electrons. The highest BCUT2D eigenvalue weighted by molar-refractivity contribution is 7.89. The lowest BCUT2D eigenvalue weighted by atomic mass is 10.0. The van der Waals surface area contributed by atoms with Gasteiger partial charge in [-0.05, 0) is 54.2 Å². The molecule has 1 saturated heterocycles. The van der Waals surface area contributed by atoms with Crippen molar-refractivity contribution in [3.05, 3.63) is 48.3 Å². The second-order valence-corrected chi connectivity index (χ2v) is 8.65. The minimum Gasteiger partial charge on any atom is -0.395 e. The van der Waals surface area contributed by atoms with Gasteiger partial charge in [-0.2, -0.15) is 4.31 Å². The largest absolute Gasteiger partial charge is 0.395 e. The van der Waals surface area contributed by atoms with Gasteiger partial charge in [-0.3, -0.25) is 0 Å². The molecule has 6 nitrogen and oxygen atoms in total. The van der Waals surface area contributed by atoms with Crippen LogP contribution in [-0.2, 0) is 10.0 Å². The Morgan fingerprint density at radius 3 is 2.61 bits per heavy atom. The molecule has 0 unspecified atom stereocenters. The molecule has 1 fully saturated rings. The fourth-order valence-electron chi connectivity index (χ4n) is 3.44. The van der Waals surface area contributed by atoms with Gasteiger partial charge in [0.15, 0.2) is 0 Å². The van der Waals surface area contributed by atoms with Gasteiger partial charge in [0.25, 0.3) is 0 Å².